The van der Waals surface area contributed by atoms with Crippen molar-refractivity contribution in [3.8, 4) is 0 Å². The van der Waals surface area contributed by atoms with Crippen molar-refractivity contribution >= 4 is 5.97 Å². The SMILES string of the molecule is CC1=CCC=C(C(=O)O)CC1. The maximum Gasteiger partial charge on any atom is 0.331 e. The van der Waals surface area contributed by atoms with Crippen LogP contribution in [0.15, 0.2) is 23.3 Å². The highest BCUT2D eigenvalue weighted by atomic mass is 16.4. The van der Waals surface area contributed by atoms with E-state index in [9.17, 15) is 4.79 Å². The van der Waals surface area contributed by atoms with Gasteiger partial charge in [-0.15, -0.1) is 0 Å². The standard InChI is InChI=1S/C9H12O2/c1-7-3-2-4-8(6-5-7)9(10)11/h3-4H,2,5-6H2,1H3,(H,10,11). The van der Waals surface area contributed by atoms with Gasteiger partial charge in [0.2, 0.25) is 0 Å². The smallest absolute Gasteiger partial charge is 0.331 e. The monoisotopic (exact) mass is 152 g/mol. The van der Waals surface area contributed by atoms with Crippen LogP contribution in [-0.2, 0) is 4.79 Å². The van der Waals surface area contributed by atoms with Gasteiger partial charge in [-0.3, -0.25) is 0 Å². The van der Waals surface area contributed by atoms with Crippen molar-refractivity contribution in [2.24, 2.45) is 0 Å². The Morgan fingerprint density at radius 1 is 1.45 bits per heavy atom. The highest BCUT2D eigenvalue weighted by Gasteiger charge is 2.08. The molecule has 0 aromatic heterocycles. The van der Waals surface area contributed by atoms with E-state index in [4.69, 9.17) is 5.11 Å². The Balaban J connectivity index is 2.63. The molecule has 0 fully saturated rings. The summed E-state index contributed by atoms with van der Waals surface area (Å²) in [5, 5.41) is 8.66. The first-order valence-electron chi connectivity index (χ1n) is 3.78. The lowest BCUT2D eigenvalue weighted by molar-refractivity contribution is -0.132. The van der Waals surface area contributed by atoms with E-state index < -0.39 is 5.97 Å². The Hall–Kier alpha value is -1.05. The minimum Gasteiger partial charge on any atom is -0.478 e. The Bertz CT molecular complexity index is 224. The van der Waals surface area contributed by atoms with Crippen LogP contribution in [-0.4, -0.2) is 11.1 Å². The average Bonchev–Trinajstić information content (AvgIpc) is 2.13. The van der Waals surface area contributed by atoms with E-state index in [-0.39, 0.29) is 0 Å². The first-order valence-corrected chi connectivity index (χ1v) is 3.78. The number of rotatable bonds is 1. The molecule has 0 amide bonds. The fraction of sp³-hybridized carbons (Fsp3) is 0.444. The molecule has 0 atom stereocenters. The van der Waals surface area contributed by atoms with Crippen LogP contribution in [0.4, 0.5) is 0 Å². The molecule has 11 heavy (non-hydrogen) atoms. The summed E-state index contributed by atoms with van der Waals surface area (Å²) in [6.45, 7) is 2.04. The van der Waals surface area contributed by atoms with Crippen molar-refractivity contribution in [2.45, 2.75) is 26.2 Å². The summed E-state index contributed by atoms with van der Waals surface area (Å²) in [5.74, 6) is -0.770. The van der Waals surface area contributed by atoms with Gasteiger partial charge in [-0.05, 0) is 26.2 Å². The van der Waals surface area contributed by atoms with Gasteiger partial charge in [0.1, 0.15) is 0 Å². The number of aliphatic carboxylic acids is 1. The van der Waals surface area contributed by atoms with Crippen LogP contribution < -0.4 is 0 Å². The normalized spacial score (nSPS) is 18.3. The van der Waals surface area contributed by atoms with E-state index in [2.05, 4.69) is 6.08 Å². The lowest BCUT2D eigenvalue weighted by Crippen LogP contribution is -1.99. The van der Waals surface area contributed by atoms with E-state index in [1.807, 2.05) is 6.92 Å². The van der Waals surface area contributed by atoms with E-state index in [1.54, 1.807) is 6.08 Å². The molecule has 0 radical (unpaired) electrons. The topological polar surface area (TPSA) is 37.3 Å². The van der Waals surface area contributed by atoms with Gasteiger partial charge in [0, 0.05) is 5.57 Å². The summed E-state index contributed by atoms with van der Waals surface area (Å²) in [6.07, 6.45) is 6.21. The molecule has 60 valence electrons. The zero-order valence-corrected chi connectivity index (χ0v) is 6.63. The lowest BCUT2D eigenvalue weighted by atomic mass is 10.1. The third kappa shape index (κ3) is 2.22. The zero-order valence-electron chi connectivity index (χ0n) is 6.63. The first kappa shape index (κ1) is 8.05. The second kappa shape index (κ2) is 3.37. The maximum atomic E-state index is 10.5. The van der Waals surface area contributed by atoms with Crippen LogP contribution in [0, 0.1) is 0 Å². The van der Waals surface area contributed by atoms with Crippen molar-refractivity contribution in [3.63, 3.8) is 0 Å². The van der Waals surface area contributed by atoms with E-state index in [0.717, 1.165) is 12.8 Å². The summed E-state index contributed by atoms with van der Waals surface area (Å²) in [5.41, 5.74) is 1.84. The summed E-state index contributed by atoms with van der Waals surface area (Å²) in [6, 6.07) is 0. The number of hydrogen-bond acceptors (Lipinski definition) is 1. The Labute approximate surface area is 66.2 Å². The molecular formula is C9H12O2. The number of carboxylic acid groups (broad SMARTS) is 1. The summed E-state index contributed by atoms with van der Waals surface area (Å²) < 4.78 is 0. The molecule has 1 aliphatic rings. The molecule has 2 heteroatoms. The third-order valence-corrected chi connectivity index (χ3v) is 1.89. The van der Waals surface area contributed by atoms with Crippen molar-refractivity contribution in [2.75, 3.05) is 0 Å². The second-order valence-corrected chi connectivity index (χ2v) is 2.82. The van der Waals surface area contributed by atoms with Crippen molar-refractivity contribution in [1.29, 1.82) is 0 Å². The van der Waals surface area contributed by atoms with Crippen LogP contribution in [0.1, 0.15) is 26.2 Å². The van der Waals surface area contributed by atoms with Crippen LogP contribution in [0.5, 0.6) is 0 Å². The van der Waals surface area contributed by atoms with Gasteiger partial charge in [0.15, 0.2) is 0 Å². The van der Waals surface area contributed by atoms with Crippen LogP contribution in [0.25, 0.3) is 0 Å². The summed E-state index contributed by atoms with van der Waals surface area (Å²) >= 11 is 0. The molecule has 0 unspecified atom stereocenters. The maximum absolute atomic E-state index is 10.5. The molecule has 1 aliphatic carbocycles. The molecule has 2 nitrogen and oxygen atoms in total. The average molecular weight is 152 g/mol. The minimum atomic E-state index is -0.770. The van der Waals surface area contributed by atoms with Gasteiger partial charge in [0.05, 0.1) is 0 Å². The van der Waals surface area contributed by atoms with Crippen molar-refractivity contribution in [1.82, 2.24) is 0 Å². The lowest BCUT2D eigenvalue weighted by Gasteiger charge is -1.97. The number of allylic oxidation sites excluding steroid dienone is 3. The van der Waals surface area contributed by atoms with Crippen LogP contribution in [0.2, 0.25) is 0 Å². The second-order valence-electron chi connectivity index (χ2n) is 2.82. The summed E-state index contributed by atoms with van der Waals surface area (Å²) in [7, 11) is 0. The Morgan fingerprint density at radius 2 is 2.18 bits per heavy atom. The highest BCUT2D eigenvalue weighted by Crippen LogP contribution is 2.17. The quantitative estimate of drug-likeness (QED) is 0.584. The van der Waals surface area contributed by atoms with Gasteiger partial charge >= 0.3 is 5.97 Å². The van der Waals surface area contributed by atoms with E-state index in [0.29, 0.717) is 12.0 Å². The fourth-order valence-corrected chi connectivity index (χ4v) is 1.13. The van der Waals surface area contributed by atoms with Crippen LogP contribution >= 0.6 is 0 Å². The van der Waals surface area contributed by atoms with Gasteiger partial charge in [0.25, 0.3) is 0 Å². The fourth-order valence-electron chi connectivity index (χ4n) is 1.13. The molecule has 0 saturated heterocycles. The van der Waals surface area contributed by atoms with Gasteiger partial charge < -0.3 is 5.11 Å². The zero-order chi connectivity index (χ0) is 8.27. The van der Waals surface area contributed by atoms with Crippen LogP contribution in [0.3, 0.4) is 0 Å². The molecule has 1 rings (SSSR count). The molecule has 0 spiro atoms. The van der Waals surface area contributed by atoms with Crippen molar-refractivity contribution in [3.05, 3.63) is 23.3 Å². The molecule has 0 aliphatic heterocycles. The largest absolute Gasteiger partial charge is 0.478 e. The first-order chi connectivity index (χ1) is 5.20. The molecule has 1 N–H and O–H groups in total. The predicted octanol–water partition coefficient (Wildman–Crippen LogP) is 2.13. The highest BCUT2D eigenvalue weighted by molar-refractivity contribution is 5.86. The number of hydrogen-bond donors (Lipinski definition) is 1. The minimum absolute atomic E-state index is 0.554. The Kier molecular flexibility index (Phi) is 2.47. The van der Waals surface area contributed by atoms with E-state index >= 15 is 0 Å². The molecule has 0 aromatic carbocycles. The predicted molar refractivity (Wildman–Crippen MR) is 43.3 cm³/mol. The van der Waals surface area contributed by atoms with Gasteiger partial charge in [-0.1, -0.05) is 17.7 Å². The molecule has 0 saturated carbocycles. The summed E-state index contributed by atoms with van der Waals surface area (Å²) in [4.78, 5) is 10.5. The molecule has 0 heterocycles. The molecule has 0 aromatic rings. The van der Waals surface area contributed by atoms with Gasteiger partial charge in [-0.25, -0.2) is 4.79 Å². The molecular weight excluding hydrogens is 140 g/mol. The molecule has 0 bridgehead atoms. The third-order valence-electron chi connectivity index (χ3n) is 1.89. The number of carboxylic acids is 1. The van der Waals surface area contributed by atoms with Gasteiger partial charge in [-0.2, -0.15) is 0 Å². The van der Waals surface area contributed by atoms with E-state index in [1.165, 1.54) is 5.57 Å². The Morgan fingerprint density at radius 3 is 2.82 bits per heavy atom. The van der Waals surface area contributed by atoms with Crippen molar-refractivity contribution < 1.29 is 9.90 Å². The number of carbonyl (C=O) groups is 1.